The summed E-state index contributed by atoms with van der Waals surface area (Å²) in [5.74, 6) is 0. The Labute approximate surface area is 192 Å². The van der Waals surface area contributed by atoms with Crippen LogP contribution in [0, 0.1) is 20.2 Å². The molecule has 0 unspecified atom stereocenters. The van der Waals surface area contributed by atoms with Gasteiger partial charge in [0.05, 0.1) is 27.3 Å². The van der Waals surface area contributed by atoms with Gasteiger partial charge < -0.3 is 0 Å². The van der Waals surface area contributed by atoms with Crippen LogP contribution in [-0.2, 0) is 0 Å². The number of nitrogens with zero attached hydrogens (tertiary/aromatic N) is 4. The van der Waals surface area contributed by atoms with Gasteiger partial charge >= 0.3 is 5.69 Å². The van der Waals surface area contributed by atoms with Crippen molar-refractivity contribution < 1.29 is 9.85 Å². The number of nitro benzene ring substituents is 2. The van der Waals surface area contributed by atoms with Gasteiger partial charge in [-0.25, -0.2) is 4.68 Å². The molecule has 0 saturated carbocycles. The molecule has 0 radical (unpaired) electrons. The van der Waals surface area contributed by atoms with Crippen molar-refractivity contribution >= 4 is 43.2 Å². The minimum atomic E-state index is -0.664. The first-order chi connectivity index (χ1) is 14.8. The molecule has 0 N–H and O–H groups in total. The van der Waals surface area contributed by atoms with E-state index < -0.39 is 15.5 Å². The van der Waals surface area contributed by atoms with Gasteiger partial charge in [-0.1, -0.05) is 56.1 Å². The van der Waals surface area contributed by atoms with Crippen LogP contribution in [0.5, 0.6) is 0 Å². The Balaban J connectivity index is 1.96. The third-order valence-electron chi connectivity index (χ3n) is 4.58. The third-order valence-corrected chi connectivity index (χ3v) is 5.64. The van der Waals surface area contributed by atoms with Crippen molar-refractivity contribution in [1.82, 2.24) is 9.78 Å². The number of nitro groups is 2. The SMILES string of the molecule is O=[N+]([O-])c1ccc(-n2nc(-c3ccc(Br)cc3)cc2-c2ccc(Br)cc2)c([N+](=O)[O-])c1. The van der Waals surface area contributed by atoms with Gasteiger partial charge in [-0.05, 0) is 36.4 Å². The molecule has 31 heavy (non-hydrogen) atoms. The fourth-order valence-electron chi connectivity index (χ4n) is 3.10. The van der Waals surface area contributed by atoms with Crippen LogP contribution in [0.2, 0.25) is 0 Å². The standard InChI is InChI=1S/C21H12Br2N4O4/c22-15-5-1-13(2-6-15)18-12-20(14-3-7-16(23)8-4-14)25(24-18)19-10-9-17(26(28)29)11-21(19)27(30)31/h1-12H. The van der Waals surface area contributed by atoms with E-state index in [0.29, 0.717) is 11.4 Å². The second kappa shape index (κ2) is 8.40. The van der Waals surface area contributed by atoms with Crippen LogP contribution in [0.3, 0.4) is 0 Å². The molecule has 10 heteroatoms. The fraction of sp³-hybridized carbons (Fsp3) is 0. The molecule has 0 bridgehead atoms. The zero-order valence-corrected chi connectivity index (χ0v) is 18.8. The lowest BCUT2D eigenvalue weighted by atomic mass is 10.1. The molecule has 8 nitrogen and oxygen atoms in total. The molecule has 0 aliphatic heterocycles. The molecule has 0 saturated heterocycles. The molecular formula is C21H12Br2N4O4. The molecule has 0 spiro atoms. The molecule has 1 aromatic heterocycles. The number of halogens is 2. The average molecular weight is 544 g/mol. The van der Waals surface area contributed by atoms with E-state index in [0.717, 1.165) is 26.1 Å². The van der Waals surface area contributed by atoms with Crippen molar-refractivity contribution in [2.45, 2.75) is 0 Å². The van der Waals surface area contributed by atoms with Crippen molar-refractivity contribution in [2.24, 2.45) is 0 Å². The molecule has 0 fully saturated rings. The molecule has 154 valence electrons. The van der Waals surface area contributed by atoms with Gasteiger partial charge in [0, 0.05) is 26.1 Å². The number of rotatable bonds is 5. The Bertz CT molecular complexity index is 1300. The van der Waals surface area contributed by atoms with Crippen LogP contribution >= 0.6 is 31.9 Å². The maximum atomic E-state index is 11.7. The van der Waals surface area contributed by atoms with Crippen molar-refractivity contribution in [3.8, 4) is 28.2 Å². The Kier molecular flexibility index (Phi) is 5.66. The second-order valence-corrected chi connectivity index (χ2v) is 8.36. The van der Waals surface area contributed by atoms with Gasteiger partial charge in [-0.3, -0.25) is 20.2 Å². The highest BCUT2D eigenvalue weighted by molar-refractivity contribution is 9.10. The van der Waals surface area contributed by atoms with E-state index in [1.165, 1.54) is 16.8 Å². The van der Waals surface area contributed by atoms with Gasteiger partial charge in [0.25, 0.3) is 5.69 Å². The Hall–Kier alpha value is -3.37. The molecule has 4 aromatic rings. The molecule has 4 rings (SSSR count). The van der Waals surface area contributed by atoms with Crippen molar-refractivity contribution in [1.29, 1.82) is 0 Å². The Morgan fingerprint density at radius 1 is 0.742 bits per heavy atom. The molecule has 0 aliphatic rings. The minimum Gasteiger partial charge on any atom is -0.258 e. The quantitative estimate of drug-likeness (QED) is 0.210. The summed E-state index contributed by atoms with van der Waals surface area (Å²) in [5, 5.41) is 27.4. The van der Waals surface area contributed by atoms with E-state index >= 15 is 0 Å². The maximum absolute atomic E-state index is 11.7. The summed E-state index contributed by atoms with van der Waals surface area (Å²) < 4.78 is 3.24. The molecule has 1 heterocycles. The van der Waals surface area contributed by atoms with E-state index in [9.17, 15) is 20.2 Å². The average Bonchev–Trinajstić information content (AvgIpc) is 3.19. The summed E-state index contributed by atoms with van der Waals surface area (Å²) in [7, 11) is 0. The fourth-order valence-corrected chi connectivity index (χ4v) is 3.63. The third kappa shape index (κ3) is 4.25. The van der Waals surface area contributed by atoms with Gasteiger partial charge in [-0.15, -0.1) is 0 Å². The zero-order valence-electron chi connectivity index (χ0n) is 15.6. The van der Waals surface area contributed by atoms with Gasteiger partial charge in [-0.2, -0.15) is 5.10 Å². The lowest BCUT2D eigenvalue weighted by molar-refractivity contribution is -0.394. The Morgan fingerprint density at radius 3 is 1.87 bits per heavy atom. The number of hydrogen-bond acceptors (Lipinski definition) is 5. The highest BCUT2D eigenvalue weighted by atomic mass is 79.9. The van der Waals surface area contributed by atoms with Crippen molar-refractivity contribution in [3.05, 3.63) is 102 Å². The van der Waals surface area contributed by atoms with Gasteiger partial charge in [0.1, 0.15) is 5.69 Å². The number of benzene rings is 3. The summed E-state index contributed by atoms with van der Waals surface area (Å²) in [6.07, 6.45) is 0. The summed E-state index contributed by atoms with van der Waals surface area (Å²) in [6.45, 7) is 0. The van der Waals surface area contributed by atoms with Crippen molar-refractivity contribution in [3.63, 3.8) is 0 Å². The van der Waals surface area contributed by atoms with Gasteiger partial charge in [0.15, 0.2) is 0 Å². The van der Waals surface area contributed by atoms with E-state index in [1.807, 2.05) is 54.6 Å². The van der Waals surface area contributed by atoms with Crippen LogP contribution in [0.1, 0.15) is 0 Å². The maximum Gasteiger partial charge on any atom is 0.301 e. The minimum absolute atomic E-state index is 0.136. The molecule has 0 aliphatic carbocycles. The zero-order chi connectivity index (χ0) is 22.1. The summed E-state index contributed by atoms with van der Waals surface area (Å²) in [6, 6.07) is 20.3. The molecular weight excluding hydrogens is 532 g/mol. The van der Waals surface area contributed by atoms with Crippen LogP contribution < -0.4 is 0 Å². The topological polar surface area (TPSA) is 104 Å². The molecule has 0 atom stereocenters. The predicted octanol–water partition coefficient (Wildman–Crippen LogP) is 6.55. The monoisotopic (exact) mass is 542 g/mol. The first kappa shape index (κ1) is 20.9. The smallest absolute Gasteiger partial charge is 0.258 e. The largest absolute Gasteiger partial charge is 0.301 e. The molecule has 3 aromatic carbocycles. The van der Waals surface area contributed by atoms with E-state index in [2.05, 4.69) is 37.0 Å². The van der Waals surface area contributed by atoms with Crippen LogP contribution in [-0.4, -0.2) is 19.6 Å². The highest BCUT2D eigenvalue weighted by Gasteiger charge is 2.24. The van der Waals surface area contributed by atoms with E-state index in [1.54, 1.807) is 0 Å². The first-order valence-corrected chi connectivity index (χ1v) is 10.5. The number of hydrogen-bond donors (Lipinski definition) is 0. The van der Waals surface area contributed by atoms with Crippen molar-refractivity contribution in [2.75, 3.05) is 0 Å². The van der Waals surface area contributed by atoms with Crippen LogP contribution in [0.25, 0.3) is 28.2 Å². The second-order valence-electron chi connectivity index (χ2n) is 6.53. The molecule has 0 amide bonds. The lowest BCUT2D eigenvalue weighted by Crippen LogP contribution is -2.04. The summed E-state index contributed by atoms with van der Waals surface area (Å²) in [4.78, 5) is 21.5. The van der Waals surface area contributed by atoms with Gasteiger partial charge in [0.2, 0.25) is 0 Å². The number of non-ortho nitro benzene ring substituents is 1. The summed E-state index contributed by atoms with van der Waals surface area (Å²) >= 11 is 6.80. The van der Waals surface area contributed by atoms with E-state index in [4.69, 9.17) is 0 Å². The highest BCUT2D eigenvalue weighted by Crippen LogP contribution is 2.34. The Morgan fingerprint density at radius 2 is 1.32 bits per heavy atom. The van der Waals surface area contributed by atoms with Crippen LogP contribution in [0.15, 0.2) is 81.7 Å². The lowest BCUT2D eigenvalue weighted by Gasteiger charge is -2.08. The van der Waals surface area contributed by atoms with Crippen LogP contribution in [0.4, 0.5) is 11.4 Å². The predicted molar refractivity (Wildman–Crippen MR) is 123 cm³/mol. The first-order valence-electron chi connectivity index (χ1n) is 8.88. The summed E-state index contributed by atoms with van der Waals surface area (Å²) in [5.41, 5.74) is 2.20. The number of aromatic nitrogens is 2. The normalized spacial score (nSPS) is 10.8. The van der Waals surface area contributed by atoms with E-state index in [-0.39, 0.29) is 11.4 Å².